The lowest BCUT2D eigenvalue weighted by atomic mass is 9.88. The predicted molar refractivity (Wildman–Crippen MR) is 57.5 cm³/mol. The van der Waals surface area contributed by atoms with Gasteiger partial charge >= 0.3 is 0 Å². The Bertz CT molecular complexity index is 330. The van der Waals surface area contributed by atoms with Crippen LogP contribution in [-0.4, -0.2) is 18.6 Å². The number of nitrogens with zero attached hydrogens (tertiary/aromatic N) is 1. The summed E-state index contributed by atoms with van der Waals surface area (Å²) in [5.41, 5.74) is 4.14. The molecule has 0 amide bonds. The van der Waals surface area contributed by atoms with E-state index < -0.39 is 5.67 Å². The molecule has 4 heteroatoms. The van der Waals surface area contributed by atoms with E-state index in [1.165, 1.54) is 7.11 Å². The third-order valence-corrected chi connectivity index (χ3v) is 2.60. The highest BCUT2D eigenvalue weighted by atomic mass is 19.1. The molecule has 0 saturated carbocycles. The summed E-state index contributed by atoms with van der Waals surface area (Å²) in [6.07, 6.45) is 1.55. The monoisotopic (exact) mass is 212 g/mol. The summed E-state index contributed by atoms with van der Waals surface area (Å²) in [5.74, 6) is 0.199. The van der Waals surface area contributed by atoms with Gasteiger partial charge in [0.15, 0.2) is 5.67 Å². The molecule has 0 fully saturated rings. The highest BCUT2D eigenvalue weighted by Crippen LogP contribution is 2.36. The van der Waals surface area contributed by atoms with Crippen LogP contribution in [0, 0.1) is 5.92 Å². The summed E-state index contributed by atoms with van der Waals surface area (Å²) in [6.45, 7) is 3.46. The van der Waals surface area contributed by atoms with E-state index in [2.05, 4.69) is 4.98 Å². The van der Waals surface area contributed by atoms with Crippen molar-refractivity contribution >= 4 is 0 Å². The molecule has 0 spiro atoms. The van der Waals surface area contributed by atoms with Crippen LogP contribution in [0.1, 0.15) is 19.5 Å². The van der Waals surface area contributed by atoms with Crippen molar-refractivity contribution in [2.24, 2.45) is 11.7 Å². The van der Waals surface area contributed by atoms with Crippen molar-refractivity contribution in [1.82, 2.24) is 4.98 Å². The molecule has 1 aromatic heterocycles. The maximum absolute atomic E-state index is 14.6. The fraction of sp³-hybridized carbons (Fsp3) is 0.545. The first-order chi connectivity index (χ1) is 7.06. The molecule has 15 heavy (non-hydrogen) atoms. The molecule has 1 aromatic rings. The van der Waals surface area contributed by atoms with Crippen LogP contribution in [0.25, 0.3) is 0 Å². The molecule has 0 bridgehead atoms. The molecule has 3 nitrogen and oxygen atoms in total. The Hall–Kier alpha value is -1.16. The summed E-state index contributed by atoms with van der Waals surface area (Å²) in [4.78, 5) is 4.03. The Balaban J connectivity index is 3.23. The van der Waals surface area contributed by atoms with Gasteiger partial charge in [-0.15, -0.1) is 0 Å². The number of hydrogen-bond acceptors (Lipinski definition) is 3. The largest absolute Gasteiger partial charge is 0.495 e. The maximum Gasteiger partial charge on any atom is 0.170 e. The molecule has 0 saturated heterocycles. The molecular formula is C11H17FN2O. The van der Waals surface area contributed by atoms with Gasteiger partial charge in [0.25, 0.3) is 0 Å². The maximum atomic E-state index is 14.6. The second kappa shape index (κ2) is 4.57. The highest BCUT2D eigenvalue weighted by molar-refractivity contribution is 5.32. The molecule has 84 valence electrons. The molecule has 0 aliphatic carbocycles. The van der Waals surface area contributed by atoms with Crippen LogP contribution in [0.4, 0.5) is 4.39 Å². The van der Waals surface area contributed by atoms with Crippen LogP contribution in [0.2, 0.25) is 0 Å². The molecule has 2 N–H and O–H groups in total. The number of nitrogens with two attached hydrogens (primary N) is 1. The Kier molecular flexibility index (Phi) is 3.63. The Morgan fingerprint density at radius 3 is 2.73 bits per heavy atom. The fourth-order valence-electron chi connectivity index (χ4n) is 1.47. The van der Waals surface area contributed by atoms with Crippen LogP contribution in [0.15, 0.2) is 18.3 Å². The number of pyridine rings is 1. The number of alkyl halides is 1. The average Bonchev–Trinajstić information content (AvgIpc) is 2.27. The van der Waals surface area contributed by atoms with Gasteiger partial charge in [0.05, 0.1) is 7.11 Å². The quantitative estimate of drug-likeness (QED) is 0.828. The van der Waals surface area contributed by atoms with Crippen LogP contribution < -0.4 is 10.5 Å². The van der Waals surface area contributed by atoms with Crippen LogP contribution in [-0.2, 0) is 5.67 Å². The smallest absolute Gasteiger partial charge is 0.170 e. The normalized spacial score (nSPS) is 15.1. The van der Waals surface area contributed by atoms with Crippen LogP contribution >= 0.6 is 0 Å². The van der Waals surface area contributed by atoms with Gasteiger partial charge < -0.3 is 10.5 Å². The lowest BCUT2D eigenvalue weighted by Gasteiger charge is -2.28. The third kappa shape index (κ3) is 2.09. The van der Waals surface area contributed by atoms with Crippen molar-refractivity contribution in [3.05, 3.63) is 24.0 Å². The van der Waals surface area contributed by atoms with Crippen molar-refractivity contribution in [3.63, 3.8) is 0 Å². The second-order valence-corrected chi connectivity index (χ2v) is 3.78. The highest BCUT2D eigenvalue weighted by Gasteiger charge is 2.38. The summed E-state index contributed by atoms with van der Waals surface area (Å²) in [7, 11) is 1.50. The van der Waals surface area contributed by atoms with Crippen molar-refractivity contribution in [1.29, 1.82) is 0 Å². The minimum atomic E-state index is -1.63. The number of halogens is 1. The first kappa shape index (κ1) is 11.9. The molecule has 0 aliphatic rings. The summed E-state index contributed by atoms with van der Waals surface area (Å²) < 4.78 is 19.6. The third-order valence-electron chi connectivity index (χ3n) is 2.60. The number of methoxy groups -OCH3 is 1. The lowest BCUT2D eigenvalue weighted by Crippen LogP contribution is -2.36. The fourth-order valence-corrected chi connectivity index (χ4v) is 1.47. The van der Waals surface area contributed by atoms with Gasteiger partial charge in [-0.2, -0.15) is 0 Å². The Morgan fingerprint density at radius 1 is 1.60 bits per heavy atom. The Labute approximate surface area is 89.5 Å². The van der Waals surface area contributed by atoms with Gasteiger partial charge in [-0.05, 0) is 18.1 Å². The van der Waals surface area contributed by atoms with Crippen molar-refractivity contribution < 1.29 is 9.13 Å². The van der Waals surface area contributed by atoms with Crippen LogP contribution in [0.5, 0.6) is 5.75 Å². The number of aromatic nitrogens is 1. The minimum absolute atomic E-state index is 0.0992. The molecule has 0 radical (unpaired) electrons. The SMILES string of the molecule is COc1cccnc1C(F)(CN)C(C)C. The first-order valence-electron chi connectivity index (χ1n) is 4.94. The molecule has 0 aliphatic heterocycles. The first-order valence-corrected chi connectivity index (χ1v) is 4.94. The van der Waals surface area contributed by atoms with E-state index in [9.17, 15) is 4.39 Å². The van der Waals surface area contributed by atoms with Crippen molar-refractivity contribution in [3.8, 4) is 5.75 Å². The number of hydrogen-bond donors (Lipinski definition) is 1. The lowest BCUT2D eigenvalue weighted by molar-refractivity contribution is 0.0996. The summed E-state index contributed by atoms with van der Waals surface area (Å²) >= 11 is 0. The van der Waals surface area contributed by atoms with Gasteiger partial charge in [0, 0.05) is 12.7 Å². The minimum Gasteiger partial charge on any atom is -0.495 e. The molecule has 1 atom stereocenters. The molecule has 0 aromatic carbocycles. The van der Waals surface area contributed by atoms with Gasteiger partial charge in [0.2, 0.25) is 0 Å². The Morgan fingerprint density at radius 2 is 2.27 bits per heavy atom. The number of ether oxygens (including phenoxy) is 1. The van der Waals surface area contributed by atoms with E-state index in [0.29, 0.717) is 5.75 Å². The standard InChI is InChI=1S/C11H17FN2O/c1-8(2)11(12,7-13)10-9(15-3)5-4-6-14-10/h4-6,8H,7,13H2,1-3H3. The van der Waals surface area contributed by atoms with Crippen LogP contribution in [0.3, 0.4) is 0 Å². The molecule has 1 rings (SSSR count). The van der Waals surface area contributed by atoms with Gasteiger partial charge in [-0.25, -0.2) is 4.39 Å². The average molecular weight is 212 g/mol. The zero-order valence-electron chi connectivity index (χ0n) is 9.33. The summed E-state index contributed by atoms with van der Waals surface area (Å²) in [6, 6.07) is 3.40. The van der Waals surface area contributed by atoms with Gasteiger partial charge in [0.1, 0.15) is 11.4 Å². The van der Waals surface area contributed by atoms with Gasteiger partial charge in [-0.3, -0.25) is 4.98 Å². The number of rotatable bonds is 4. The predicted octanol–water partition coefficient (Wildman–Crippen LogP) is 1.87. The molecular weight excluding hydrogens is 195 g/mol. The van der Waals surface area contributed by atoms with E-state index in [0.717, 1.165) is 0 Å². The van der Waals surface area contributed by atoms with Gasteiger partial charge in [-0.1, -0.05) is 13.8 Å². The molecule has 1 heterocycles. The van der Waals surface area contributed by atoms with E-state index in [1.807, 2.05) is 0 Å². The zero-order chi connectivity index (χ0) is 11.5. The topological polar surface area (TPSA) is 48.1 Å². The van der Waals surface area contributed by atoms with E-state index in [1.54, 1.807) is 32.2 Å². The summed E-state index contributed by atoms with van der Waals surface area (Å²) in [5, 5.41) is 0. The second-order valence-electron chi connectivity index (χ2n) is 3.78. The zero-order valence-corrected chi connectivity index (χ0v) is 9.33. The molecule has 1 unspecified atom stereocenters. The van der Waals surface area contributed by atoms with E-state index in [4.69, 9.17) is 10.5 Å². The van der Waals surface area contributed by atoms with Crippen molar-refractivity contribution in [2.45, 2.75) is 19.5 Å². The van der Waals surface area contributed by atoms with E-state index >= 15 is 0 Å². The van der Waals surface area contributed by atoms with Crippen molar-refractivity contribution in [2.75, 3.05) is 13.7 Å². The van der Waals surface area contributed by atoms with E-state index in [-0.39, 0.29) is 18.2 Å².